The van der Waals surface area contributed by atoms with E-state index >= 15 is 0 Å². The summed E-state index contributed by atoms with van der Waals surface area (Å²) in [5, 5.41) is 12.2. The minimum Gasteiger partial charge on any atom is -0.465 e. The van der Waals surface area contributed by atoms with E-state index in [2.05, 4.69) is 20.0 Å². The lowest BCUT2D eigenvalue weighted by Gasteiger charge is -2.11. The van der Waals surface area contributed by atoms with Gasteiger partial charge in [0.25, 0.3) is 5.56 Å². The Morgan fingerprint density at radius 3 is 2.72 bits per heavy atom. The molecule has 0 fully saturated rings. The molecule has 0 aliphatic rings. The number of ether oxygens (including phenoxy) is 2. The van der Waals surface area contributed by atoms with E-state index in [1.54, 1.807) is 24.3 Å². The molecule has 0 radical (unpaired) electrons. The van der Waals surface area contributed by atoms with Crippen LogP contribution < -0.4 is 10.9 Å². The molecule has 0 aliphatic carbocycles. The second kappa shape index (κ2) is 8.98. The smallest absolute Gasteiger partial charge is 0.340 e. The summed E-state index contributed by atoms with van der Waals surface area (Å²) in [6, 6.07) is 11.1. The van der Waals surface area contributed by atoms with E-state index in [0.717, 1.165) is 0 Å². The third-order valence-corrected chi connectivity index (χ3v) is 4.09. The van der Waals surface area contributed by atoms with E-state index < -0.39 is 17.5 Å². The van der Waals surface area contributed by atoms with Crippen LogP contribution in [0, 0.1) is 0 Å². The molecule has 0 amide bonds. The number of para-hydroxylation sites is 1. The zero-order valence-corrected chi connectivity index (χ0v) is 15.6. The number of H-pyrrole nitrogens is 1. The van der Waals surface area contributed by atoms with E-state index in [1.807, 2.05) is 0 Å². The Balaban J connectivity index is 1.81. The summed E-state index contributed by atoms with van der Waals surface area (Å²) in [5.74, 6) is -1.02. The highest BCUT2D eigenvalue weighted by Crippen LogP contribution is 2.17. The molecule has 0 bridgehead atoms. The number of aliphatic hydroxyl groups excluding tert-OH is 1. The monoisotopic (exact) mass is 397 g/mol. The van der Waals surface area contributed by atoms with Crippen molar-refractivity contribution < 1.29 is 24.2 Å². The molecular formula is C20H19N3O6. The maximum Gasteiger partial charge on any atom is 0.340 e. The molecule has 9 heteroatoms. The highest BCUT2D eigenvalue weighted by atomic mass is 16.5. The predicted molar refractivity (Wildman–Crippen MR) is 105 cm³/mol. The first-order chi connectivity index (χ1) is 14.0. The van der Waals surface area contributed by atoms with Gasteiger partial charge in [-0.25, -0.2) is 14.6 Å². The number of nitrogens with zero attached hydrogens (tertiary/aromatic N) is 1. The first kappa shape index (κ1) is 20.0. The summed E-state index contributed by atoms with van der Waals surface area (Å²) in [6.45, 7) is -0.0631. The number of nitrogens with one attached hydrogen (secondary N) is 2. The minimum absolute atomic E-state index is 0.0841. The van der Waals surface area contributed by atoms with E-state index in [0.29, 0.717) is 11.1 Å². The van der Waals surface area contributed by atoms with Crippen molar-refractivity contribution in [1.29, 1.82) is 0 Å². The summed E-state index contributed by atoms with van der Waals surface area (Å²) in [7, 11) is 1.26. The van der Waals surface area contributed by atoms with Crippen molar-refractivity contribution in [1.82, 2.24) is 9.97 Å². The van der Waals surface area contributed by atoms with Crippen LogP contribution in [0.5, 0.6) is 0 Å². The molecule has 9 nitrogen and oxygen atoms in total. The molecule has 0 atom stereocenters. The van der Waals surface area contributed by atoms with Gasteiger partial charge in [0, 0.05) is 12.2 Å². The topological polar surface area (TPSA) is 131 Å². The number of fused-ring (bicyclic) bond motifs is 1. The standard InChI is InChI=1S/C20H19N3O6/c1-28-19(26)12-6-7-13-16(10-12)22-17(23-18(13)25)11-29-20(27)14-4-2-3-5-15(14)21-8-9-24/h2-7,10,21,24H,8-9,11H2,1H3,(H,22,23,25). The number of methoxy groups -OCH3 is 1. The second-order valence-corrected chi connectivity index (χ2v) is 6.01. The Hall–Kier alpha value is -3.72. The molecule has 0 saturated heterocycles. The van der Waals surface area contributed by atoms with Crippen molar-refractivity contribution in [3.05, 3.63) is 69.8 Å². The van der Waals surface area contributed by atoms with Gasteiger partial charge < -0.3 is 24.9 Å². The van der Waals surface area contributed by atoms with Crippen molar-refractivity contribution in [2.75, 3.05) is 25.6 Å². The summed E-state index contributed by atoms with van der Waals surface area (Å²) < 4.78 is 9.94. The average molecular weight is 397 g/mol. The van der Waals surface area contributed by atoms with Gasteiger partial charge in [0.1, 0.15) is 12.4 Å². The fraction of sp³-hybridized carbons (Fsp3) is 0.200. The van der Waals surface area contributed by atoms with E-state index in [1.165, 1.54) is 25.3 Å². The van der Waals surface area contributed by atoms with Crippen LogP contribution in [-0.2, 0) is 16.1 Å². The molecule has 0 unspecified atom stereocenters. The summed E-state index contributed by atoms with van der Waals surface area (Å²) >= 11 is 0. The van der Waals surface area contributed by atoms with Gasteiger partial charge in [0.05, 0.1) is 35.7 Å². The largest absolute Gasteiger partial charge is 0.465 e. The molecule has 1 aromatic heterocycles. The van der Waals surface area contributed by atoms with Crippen molar-refractivity contribution in [2.45, 2.75) is 6.61 Å². The van der Waals surface area contributed by atoms with Crippen LogP contribution in [0.25, 0.3) is 10.9 Å². The highest BCUT2D eigenvalue weighted by Gasteiger charge is 2.14. The SMILES string of the molecule is COC(=O)c1ccc2c(=O)[nH]c(COC(=O)c3ccccc3NCCO)nc2c1. The van der Waals surface area contributed by atoms with E-state index in [4.69, 9.17) is 9.84 Å². The zero-order chi connectivity index (χ0) is 20.8. The molecule has 3 N–H and O–H groups in total. The number of benzene rings is 2. The number of aromatic nitrogens is 2. The number of rotatable bonds is 7. The Morgan fingerprint density at radius 1 is 1.17 bits per heavy atom. The zero-order valence-electron chi connectivity index (χ0n) is 15.6. The van der Waals surface area contributed by atoms with Crippen LogP contribution in [0.2, 0.25) is 0 Å². The summed E-state index contributed by atoms with van der Waals surface area (Å²) in [4.78, 5) is 43.2. The summed E-state index contributed by atoms with van der Waals surface area (Å²) in [5.41, 5.74) is 0.936. The molecule has 1 heterocycles. The first-order valence-electron chi connectivity index (χ1n) is 8.75. The Bertz CT molecular complexity index is 1110. The number of anilines is 1. The number of hydrogen-bond acceptors (Lipinski definition) is 8. The van der Waals surface area contributed by atoms with Crippen LogP contribution in [0.15, 0.2) is 47.3 Å². The third-order valence-electron chi connectivity index (χ3n) is 4.09. The number of esters is 2. The molecular weight excluding hydrogens is 378 g/mol. The number of carbonyl (C=O) groups is 2. The molecule has 3 aromatic rings. The van der Waals surface area contributed by atoms with Crippen molar-refractivity contribution in [3.63, 3.8) is 0 Å². The van der Waals surface area contributed by atoms with Gasteiger partial charge in [-0.1, -0.05) is 12.1 Å². The van der Waals surface area contributed by atoms with E-state index in [9.17, 15) is 14.4 Å². The van der Waals surface area contributed by atoms with Gasteiger partial charge >= 0.3 is 11.9 Å². The Kier molecular flexibility index (Phi) is 6.20. The van der Waals surface area contributed by atoms with Crippen molar-refractivity contribution in [2.24, 2.45) is 0 Å². The molecule has 3 rings (SSSR count). The third kappa shape index (κ3) is 4.58. The van der Waals surface area contributed by atoms with Crippen LogP contribution in [0.1, 0.15) is 26.5 Å². The van der Waals surface area contributed by atoms with Crippen LogP contribution in [0.4, 0.5) is 5.69 Å². The Labute approximate surface area is 165 Å². The fourth-order valence-corrected chi connectivity index (χ4v) is 2.72. The van der Waals surface area contributed by atoms with Gasteiger partial charge in [-0.05, 0) is 30.3 Å². The average Bonchev–Trinajstić information content (AvgIpc) is 2.75. The summed E-state index contributed by atoms with van der Waals surface area (Å²) in [6.07, 6.45) is 0. The quantitative estimate of drug-likeness (QED) is 0.511. The fourth-order valence-electron chi connectivity index (χ4n) is 2.72. The van der Waals surface area contributed by atoms with Gasteiger partial charge in [-0.15, -0.1) is 0 Å². The van der Waals surface area contributed by atoms with Crippen LogP contribution >= 0.6 is 0 Å². The molecule has 0 saturated carbocycles. The van der Waals surface area contributed by atoms with Gasteiger partial charge in [-0.2, -0.15) is 0 Å². The van der Waals surface area contributed by atoms with Crippen LogP contribution in [-0.4, -0.2) is 47.3 Å². The molecule has 2 aromatic carbocycles. The lowest BCUT2D eigenvalue weighted by molar-refractivity contribution is 0.0463. The number of hydrogen-bond donors (Lipinski definition) is 3. The molecule has 150 valence electrons. The second-order valence-electron chi connectivity index (χ2n) is 6.01. The molecule has 0 spiro atoms. The van der Waals surface area contributed by atoms with Crippen molar-refractivity contribution >= 4 is 28.5 Å². The first-order valence-corrected chi connectivity index (χ1v) is 8.75. The van der Waals surface area contributed by atoms with Crippen molar-refractivity contribution in [3.8, 4) is 0 Å². The van der Waals surface area contributed by atoms with Crippen LogP contribution in [0.3, 0.4) is 0 Å². The van der Waals surface area contributed by atoms with Gasteiger partial charge in [0.15, 0.2) is 0 Å². The normalized spacial score (nSPS) is 10.6. The van der Waals surface area contributed by atoms with E-state index in [-0.39, 0.29) is 42.2 Å². The number of carbonyl (C=O) groups excluding carboxylic acids is 2. The Morgan fingerprint density at radius 2 is 1.97 bits per heavy atom. The molecule has 29 heavy (non-hydrogen) atoms. The van der Waals surface area contributed by atoms with Gasteiger partial charge in [-0.3, -0.25) is 4.79 Å². The lowest BCUT2D eigenvalue weighted by atomic mass is 10.1. The highest BCUT2D eigenvalue weighted by molar-refractivity contribution is 5.96. The van der Waals surface area contributed by atoms with Gasteiger partial charge in [0.2, 0.25) is 0 Å². The minimum atomic E-state index is -0.614. The molecule has 0 aliphatic heterocycles. The maximum atomic E-state index is 12.4. The predicted octanol–water partition coefficient (Wildman–Crippen LogP) is 1.47. The number of aliphatic hydroxyl groups is 1. The maximum absolute atomic E-state index is 12.4. The lowest BCUT2D eigenvalue weighted by Crippen LogP contribution is -2.16. The number of aromatic amines is 1.